The van der Waals surface area contributed by atoms with E-state index in [9.17, 15) is 4.21 Å². The second-order valence-electron chi connectivity index (χ2n) is 2.57. The van der Waals surface area contributed by atoms with Gasteiger partial charge < -0.3 is 4.55 Å². The summed E-state index contributed by atoms with van der Waals surface area (Å²) in [6, 6.07) is 8.84. The molecule has 0 heterocycles. The van der Waals surface area contributed by atoms with Gasteiger partial charge in [-0.3, -0.25) is 0 Å². The molecule has 0 aliphatic heterocycles. The van der Waals surface area contributed by atoms with Crippen LogP contribution in [0.25, 0.3) is 0 Å². The zero-order chi connectivity index (χ0) is 11.0. The van der Waals surface area contributed by atoms with Crippen molar-refractivity contribution >= 4 is 11.1 Å². The average molecular weight is 211 g/mol. The third-order valence-electron chi connectivity index (χ3n) is 1.38. The van der Waals surface area contributed by atoms with Gasteiger partial charge in [-0.2, -0.15) is 5.26 Å². The van der Waals surface area contributed by atoms with Crippen LogP contribution in [0.15, 0.2) is 29.2 Å². The van der Waals surface area contributed by atoms with Crippen molar-refractivity contribution in [3.63, 3.8) is 0 Å². The van der Waals surface area contributed by atoms with Crippen molar-refractivity contribution in [3.05, 3.63) is 29.8 Å². The number of benzene rings is 1. The van der Waals surface area contributed by atoms with Crippen LogP contribution in [-0.4, -0.2) is 8.76 Å². The highest BCUT2D eigenvalue weighted by Gasteiger charge is 1.95. The predicted molar refractivity (Wildman–Crippen MR) is 56.1 cm³/mol. The fourth-order valence-electron chi connectivity index (χ4n) is 0.655. The average Bonchev–Trinajstić information content (AvgIpc) is 2.19. The largest absolute Gasteiger partial charge is 0.302 e. The normalized spacial score (nSPS) is 10.7. The van der Waals surface area contributed by atoms with E-state index < -0.39 is 11.1 Å². The highest BCUT2D eigenvalue weighted by atomic mass is 32.2. The molecule has 1 rings (SSSR count). The summed E-state index contributed by atoms with van der Waals surface area (Å²) in [5.74, 6) is 0. The van der Waals surface area contributed by atoms with Crippen molar-refractivity contribution in [2.24, 2.45) is 0 Å². The first-order valence-corrected chi connectivity index (χ1v) is 5.27. The smallest absolute Gasteiger partial charge is 0.186 e. The third kappa shape index (κ3) is 5.46. The second-order valence-corrected chi connectivity index (χ2v) is 3.54. The van der Waals surface area contributed by atoms with Crippen LogP contribution in [0.1, 0.15) is 18.9 Å². The van der Waals surface area contributed by atoms with Crippen molar-refractivity contribution in [3.8, 4) is 6.07 Å². The molecular weight excluding hydrogens is 198 g/mol. The quantitative estimate of drug-likeness (QED) is 0.726. The monoisotopic (exact) mass is 211 g/mol. The van der Waals surface area contributed by atoms with Gasteiger partial charge in [0.2, 0.25) is 0 Å². The fraction of sp³-hybridized carbons (Fsp3) is 0.300. The molecule has 0 fully saturated rings. The van der Waals surface area contributed by atoms with E-state index in [1.54, 1.807) is 12.1 Å². The number of aryl methyl sites for hydroxylation is 1. The Hall–Kier alpha value is -1.18. The highest BCUT2D eigenvalue weighted by molar-refractivity contribution is 7.79. The van der Waals surface area contributed by atoms with Gasteiger partial charge in [0.15, 0.2) is 11.1 Å². The van der Waals surface area contributed by atoms with Gasteiger partial charge in [-0.05, 0) is 19.1 Å². The lowest BCUT2D eigenvalue weighted by molar-refractivity contribution is 0.564. The molecule has 1 unspecified atom stereocenters. The summed E-state index contributed by atoms with van der Waals surface area (Å²) in [5, 5.41) is 7.62. The molecule has 1 aromatic carbocycles. The number of nitrogens with zero attached hydrogens (tertiary/aromatic N) is 1. The van der Waals surface area contributed by atoms with Crippen molar-refractivity contribution in [1.82, 2.24) is 0 Å². The minimum atomic E-state index is -1.84. The van der Waals surface area contributed by atoms with Crippen molar-refractivity contribution in [2.75, 3.05) is 0 Å². The summed E-state index contributed by atoms with van der Waals surface area (Å²) in [4.78, 5) is 0.450. The molecule has 4 heteroatoms. The molecule has 3 nitrogen and oxygen atoms in total. The van der Waals surface area contributed by atoms with Gasteiger partial charge in [-0.25, -0.2) is 4.21 Å². The van der Waals surface area contributed by atoms with Crippen LogP contribution in [0, 0.1) is 18.3 Å². The molecule has 1 N–H and O–H groups in total. The summed E-state index contributed by atoms with van der Waals surface area (Å²) in [6.45, 7) is 3.75. The van der Waals surface area contributed by atoms with Gasteiger partial charge in [0.1, 0.15) is 0 Å². The van der Waals surface area contributed by atoms with Gasteiger partial charge >= 0.3 is 0 Å². The standard InChI is InChI=1S/C7H8O2S.C3H5N/c1-6-2-4-7(5-3-6)10(8)9;1-2-3-4/h2-5H,1H3,(H,8,9);2H2,1H3. The number of nitriles is 1. The Morgan fingerprint density at radius 1 is 1.43 bits per heavy atom. The molecule has 0 spiro atoms. The minimum absolute atomic E-state index is 0.450. The van der Waals surface area contributed by atoms with Gasteiger partial charge in [0, 0.05) is 6.42 Å². The Morgan fingerprint density at radius 2 is 1.86 bits per heavy atom. The van der Waals surface area contributed by atoms with Crippen LogP contribution >= 0.6 is 0 Å². The second kappa shape index (κ2) is 7.25. The molecule has 0 bridgehead atoms. The molecule has 0 saturated carbocycles. The van der Waals surface area contributed by atoms with Crippen LogP contribution in [0.5, 0.6) is 0 Å². The van der Waals surface area contributed by atoms with Crippen molar-refractivity contribution in [1.29, 1.82) is 5.26 Å². The Bertz CT molecular complexity index is 327. The van der Waals surface area contributed by atoms with Crippen LogP contribution in [0.4, 0.5) is 0 Å². The summed E-state index contributed by atoms with van der Waals surface area (Å²) in [6.07, 6.45) is 0.625. The first-order valence-electron chi connectivity index (χ1n) is 4.16. The maximum Gasteiger partial charge on any atom is 0.186 e. The van der Waals surface area contributed by atoms with Crippen LogP contribution < -0.4 is 0 Å². The fourth-order valence-corrected chi connectivity index (χ4v) is 1.02. The Labute approximate surface area is 86.7 Å². The molecule has 1 atom stereocenters. The Balaban J connectivity index is 0.000000364. The Morgan fingerprint density at radius 3 is 2.14 bits per heavy atom. The summed E-state index contributed by atoms with van der Waals surface area (Å²) in [5.41, 5.74) is 1.09. The number of hydrogen-bond acceptors (Lipinski definition) is 2. The molecule has 0 aliphatic carbocycles. The predicted octanol–water partition coefficient (Wildman–Crippen LogP) is 2.50. The molecule has 0 radical (unpaired) electrons. The third-order valence-corrected chi connectivity index (χ3v) is 2.06. The summed E-state index contributed by atoms with van der Waals surface area (Å²) >= 11 is -1.84. The van der Waals surface area contributed by atoms with Gasteiger partial charge in [0.05, 0.1) is 11.0 Å². The molecular formula is C10H13NO2S. The molecule has 0 amide bonds. The van der Waals surface area contributed by atoms with E-state index in [4.69, 9.17) is 9.81 Å². The molecule has 14 heavy (non-hydrogen) atoms. The van der Waals surface area contributed by atoms with Crippen LogP contribution in [-0.2, 0) is 11.1 Å². The van der Waals surface area contributed by atoms with E-state index in [2.05, 4.69) is 0 Å². The number of rotatable bonds is 1. The van der Waals surface area contributed by atoms with Gasteiger partial charge in [0.25, 0.3) is 0 Å². The first kappa shape index (κ1) is 12.8. The lowest BCUT2D eigenvalue weighted by atomic mass is 10.2. The van der Waals surface area contributed by atoms with Gasteiger partial charge in [-0.1, -0.05) is 24.6 Å². The van der Waals surface area contributed by atoms with E-state index in [0.717, 1.165) is 5.56 Å². The topological polar surface area (TPSA) is 61.1 Å². The van der Waals surface area contributed by atoms with E-state index in [1.165, 1.54) is 0 Å². The van der Waals surface area contributed by atoms with E-state index in [1.807, 2.05) is 32.0 Å². The molecule has 76 valence electrons. The minimum Gasteiger partial charge on any atom is -0.302 e. The van der Waals surface area contributed by atoms with E-state index >= 15 is 0 Å². The molecule has 0 saturated heterocycles. The number of hydrogen-bond donors (Lipinski definition) is 1. The van der Waals surface area contributed by atoms with Crippen molar-refractivity contribution in [2.45, 2.75) is 25.2 Å². The van der Waals surface area contributed by atoms with E-state index in [-0.39, 0.29) is 0 Å². The molecule has 1 aromatic rings. The summed E-state index contributed by atoms with van der Waals surface area (Å²) < 4.78 is 19.0. The maximum absolute atomic E-state index is 10.4. The summed E-state index contributed by atoms with van der Waals surface area (Å²) in [7, 11) is 0. The molecule has 0 aromatic heterocycles. The first-order chi connectivity index (χ1) is 6.61. The lowest BCUT2D eigenvalue weighted by Gasteiger charge is -1.93. The Kier molecular flexibility index (Phi) is 6.63. The van der Waals surface area contributed by atoms with Crippen molar-refractivity contribution < 1.29 is 8.76 Å². The van der Waals surface area contributed by atoms with Crippen LogP contribution in [0.2, 0.25) is 0 Å². The lowest BCUT2D eigenvalue weighted by Crippen LogP contribution is -1.86. The SMILES string of the molecule is CCC#N.Cc1ccc(S(=O)O)cc1. The van der Waals surface area contributed by atoms with Gasteiger partial charge in [-0.15, -0.1) is 0 Å². The zero-order valence-electron chi connectivity index (χ0n) is 8.23. The highest BCUT2D eigenvalue weighted by Crippen LogP contribution is 2.05. The van der Waals surface area contributed by atoms with Crippen LogP contribution in [0.3, 0.4) is 0 Å². The molecule has 0 aliphatic rings. The maximum atomic E-state index is 10.4. The van der Waals surface area contributed by atoms with E-state index in [0.29, 0.717) is 11.3 Å². The zero-order valence-corrected chi connectivity index (χ0v) is 9.04.